The van der Waals surface area contributed by atoms with Gasteiger partial charge in [-0.15, -0.1) is 0 Å². The highest BCUT2D eigenvalue weighted by Gasteiger charge is 2.10. The third-order valence-corrected chi connectivity index (χ3v) is 2.02. The van der Waals surface area contributed by atoms with Gasteiger partial charge in [-0.1, -0.05) is 24.4 Å². The van der Waals surface area contributed by atoms with Crippen molar-refractivity contribution < 1.29 is 9.53 Å². The van der Waals surface area contributed by atoms with Gasteiger partial charge in [0.15, 0.2) is 5.17 Å². The summed E-state index contributed by atoms with van der Waals surface area (Å²) in [5, 5.41) is 3.16. The van der Waals surface area contributed by atoms with Gasteiger partial charge < -0.3 is 4.74 Å². The molecular formula is C7H10N2O2S. The summed E-state index contributed by atoms with van der Waals surface area (Å²) < 4.78 is 4.69. The Morgan fingerprint density at radius 2 is 2.75 bits per heavy atom. The first-order chi connectivity index (χ1) is 5.83. The van der Waals surface area contributed by atoms with E-state index in [1.54, 1.807) is 0 Å². The Bertz CT molecular complexity index is 215. The summed E-state index contributed by atoms with van der Waals surface area (Å²) in [6, 6.07) is 0. The molecule has 1 rings (SSSR count). The molecule has 0 aliphatic carbocycles. The van der Waals surface area contributed by atoms with Crippen LogP contribution in [-0.4, -0.2) is 30.2 Å². The molecule has 0 aromatic carbocycles. The SMILES string of the molecule is C=CCOC(=O)NC1=NCCS1. The molecule has 0 saturated heterocycles. The summed E-state index contributed by atoms with van der Waals surface area (Å²) in [5.74, 6) is 0.928. The Morgan fingerprint density at radius 3 is 3.33 bits per heavy atom. The topological polar surface area (TPSA) is 50.7 Å². The Balaban J connectivity index is 2.21. The summed E-state index contributed by atoms with van der Waals surface area (Å²) in [6.07, 6.45) is 1.05. The Hall–Kier alpha value is -0.970. The van der Waals surface area contributed by atoms with Crippen molar-refractivity contribution in [1.29, 1.82) is 0 Å². The average Bonchev–Trinajstić information content (AvgIpc) is 2.53. The lowest BCUT2D eigenvalue weighted by molar-refractivity contribution is 0.164. The van der Waals surface area contributed by atoms with Crippen LogP contribution in [0.4, 0.5) is 4.79 Å². The summed E-state index contributed by atoms with van der Waals surface area (Å²) in [6.45, 7) is 4.42. The molecule has 0 atom stereocenters. The van der Waals surface area contributed by atoms with Crippen LogP contribution in [0.25, 0.3) is 0 Å². The second kappa shape index (κ2) is 4.82. The molecule has 1 aliphatic heterocycles. The number of alkyl carbamates (subject to hydrolysis) is 1. The molecule has 0 unspecified atom stereocenters. The van der Waals surface area contributed by atoms with E-state index in [1.165, 1.54) is 17.8 Å². The zero-order valence-electron chi connectivity index (χ0n) is 6.58. The number of carbonyl (C=O) groups excluding carboxylic acids is 1. The van der Waals surface area contributed by atoms with E-state index < -0.39 is 6.09 Å². The molecule has 12 heavy (non-hydrogen) atoms. The van der Waals surface area contributed by atoms with Crippen LogP contribution in [0, 0.1) is 0 Å². The highest BCUT2D eigenvalue weighted by molar-refractivity contribution is 8.14. The highest BCUT2D eigenvalue weighted by atomic mass is 32.2. The maximum absolute atomic E-state index is 10.9. The third kappa shape index (κ3) is 2.96. The zero-order valence-corrected chi connectivity index (χ0v) is 7.39. The van der Waals surface area contributed by atoms with Gasteiger partial charge in [0.05, 0.1) is 6.54 Å². The van der Waals surface area contributed by atoms with E-state index >= 15 is 0 Å². The fourth-order valence-corrected chi connectivity index (χ4v) is 1.38. The molecule has 1 amide bonds. The molecule has 0 radical (unpaired) electrons. The first-order valence-corrected chi connectivity index (χ1v) is 4.53. The maximum Gasteiger partial charge on any atom is 0.413 e. The summed E-state index contributed by atoms with van der Waals surface area (Å²) in [4.78, 5) is 14.9. The Labute approximate surface area is 75.1 Å². The number of aliphatic imine (C=N–C) groups is 1. The van der Waals surface area contributed by atoms with E-state index in [9.17, 15) is 4.79 Å². The minimum Gasteiger partial charge on any atom is -0.445 e. The van der Waals surface area contributed by atoms with Crippen LogP contribution in [0.3, 0.4) is 0 Å². The van der Waals surface area contributed by atoms with Crippen LogP contribution in [0.15, 0.2) is 17.6 Å². The fourth-order valence-electron chi connectivity index (χ4n) is 0.669. The first-order valence-electron chi connectivity index (χ1n) is 3.55. The lowest BCUT2D eigenvalue weighted by Crippen LogP contribution is -2.28. The van der Waals surface area contributed by atoms with Crippen molar-refractivity contribution in [2.24, 2.45) is 4.99 Å². The van der Waals surface area contributed by atoms with Crippen LogP contribution in [0.1, 0.15) is 0 Å². The molecule has 5 heteroatoms. The molecule has 0 bridgehead atoms. The Morgan fingerprint density at radius 1 is 1.92 bits per heavy atom. The fraction of sp³-hybridized carbons (Fsp3) is 0.429. The molecule has 0 fully saturated rings. The van der Waals surface area contributed by atoms with Crippen molar-refractivity contribution in [3.05, 3.63) is 12.7 Å². The maximum atomic E-state index is 10.9. The minimum absolute atomic E-state index is 0.226. The van der Waals surface area contributed by atoms with Crippen molar-refractivity contribution in [3.63, 3.8) is 0 Å². The standard InChI is InChI=1S/C7H10N2O2S/c1-2-4-11-7(10)9-6-8-3-5-12-6/h2H,1,3-5H2,(H,8,9,10). The number of ether oxygens (including phenoxy) is 1. The number of amidine groups is 1. The molecule has 0 aromatic heterocycles. The van der Waals surface area contributed by atoms with Crippen LogP contribution < -0.4 is 5.32 Å². The lowest BCUT2D eigenvalue weighted by Gasteiger charge is -2.02. The van der Waals surface area contributed by atoms with Gasteiger partial charge in [0, 0.05) is 5.75 Å². The van der Waals surface area contributed by atoms with Crippen LogP contribution >= 0.6 is 11.8 Å². The normalized spacial score (nSPS) is 15.2. The van der Waals surface area contributed by atoms with Crippen LogP contribution in [0.2, 0.25) is 0 Å². The van der Waals surface area contributed by atoms with E-state index in [0.717, 1.165) is 12.3 Å². The number of hydrogen-bond acceptors (Lipinski definition) is 4. The monoisotopic (exact) mass is 186 g/mol. The van der Waals surface area contributed by atoms with Gasteiger partial charge in [0.2, 0.25) is 0 Å². The highest BCUT2D eigenvalue weighted by Crippen LogP contribution is 2.08. The largest absolute Gasteiger partial charge is 0.445 e. The van der Waals surface area contributed by atoms with E-state index in [2.05, 4.69) is 16.9 Å². The summed E-state index contributed by atoms with van der Waals surface area (Å²) >= 11 is 1.52. The van der Waals surface area contributed by atoms with Crippen LogP contribution in [0.5, 0.6) is 0 Å². The molecule has 66 valence electrons. The molecule has 0 saturated carbocycles. The van der Waals surface area contributed by atoms with Crippen LogP contribution in [-0.2, 0) is 4.74 Å². The van der Waals surface area contributed by atoms with Crippen molar-refractivity contribution in [3.8, 4) is 0 Å². The van der Waals surface area contributed by atoms with Gasteiger partial charge in [-0.2, -0.15) is 0 Å². The minimum atomic E-state index is -0.469. The Kier molecular flexibility index (Phi) is 3.66. The van der Waals surface area contributed by atoms with Gasteiger partial charge in [-0.25, -0.2) is 4.79 Å². The van der Waals surface area contributed by atoms with Crippen molar-refractivity contribution in [2.75, 3.05) is 18.9 Å². The second-order valence-electron chi connectivity index (χ2n) is 2.05. The smallest absolute Gasteiger partial charge is 0.413 e. The summed E-state index contributed by atoms with van der Waals surface area (Å²) in [7, 11) is 0. The number of nitrogens with zero attached hydrogens (tertiary/aromatic N) is 1. The van der Waals surface area contributed by atoms with E-state index in [0.29, 0.717) is 5.17 Å². The number of thioether (sulfide) groups is 1. The second-order valence-corrected chi connectivity index (χ2v) is 3.13. The lowest BCUT2D eigenvalue weighted by atomic mass is 10.7. The van der Waals surface area contributed by atoms with Gasteiger partial charge in [0.25, 0.3) is 0 Å². The quantitative estimate of drug-likeness (QED) is 0.654. The molecule has 1 aliphatic rings. The van der Waals surface area contributed by atoms with Gasteiger partial charge in [0.1, 0.15) is 6.61 Å². The third-order valence-electron chi connectivity index (χ3n) is 1.13. The van der Waals surface area contributed by atoms with Gasteiger partial charge >= 0.3 is 6.09 Å². The number of amides is 1. The molecule has 4 nitrogen and oxygen atoms in total. The molecule has 1 heterocycles. The van der Waals surface area contributed by atoms with Crippen molar-refractivity contribution in [2.45, 2.75) is 0 Å². The predicted molar refractivity (Wildman–Crippen MR) is 49.4 cm³/mol. The van der Waals surface area contributed by atoms with Crippen molar-refractivity contribution >= 4 is 23.0 Å². The number of carbonyl (C=O) groups is 1. The average molecular weight is 186 g/mol. The molecular weight excluding hydrogens is 176 g/mol. The van der Waals surface area contributed by atoms with Gasteiger partial charge in [-0.05, 0) is 0 Å². The predicted octanol–water partition coefficient (Wildman–Crippen LogP) is 1.00. The van der Waals surface area contributed by atoms with Crippen molar-refractivity contribution in [1.82, 2.24) is 5.32 Å². The molecule has 1 N–H and O–H groups in total. The number of nitrogens with one attached hydrogen (secondary N) is 1. The zero-order chi connectivity index (χ0) is 8.81. The molecule has 0 aromatic rings. The summed E-state index contributed by atoms with van der Waals surface area (Å²) in [5.41, 5.74) is 0. The number of rotatable bonds is 2. The van der Waals surface area contributed by atoms with E-state index in [4.69, 9.17) is 4.74 Å². The number of hydrogen-bond donors (Lipinski definition) is 1. The first kappa shape index (κ1) is 9.12. The van der Waals surface area contributed by atoms with Gasteiger partial charge in [-0.3, -0.25) is 10.3 Å². The van der Waals surface area contributed by atoms with E-state index in [1.807, 2.05) is 0 Å². The molecule has 0 spiro atoms. The van der Waals surface area contributed by atoms with E-state index in [-0.39, 0.29) is 6.61 Å².